The first kappa shape index (κ1) is 13.8. The highest BCUT2D eigenvalue weighted by atomic mass is 32.2. The summed E-state index contributed by atoms with van der Waals surface area (Å²) in [5, 5.41) is 8.86. The van der Waals surface area contributed by atoms with Crippen molar-refractivity contribution in [3.8, 4) is 0 Å². The van der Waals surface area contributed by atoms with Crippen LogP contribution in [0.2, 0.25) is 0 Å². The lowest BCUT2D eigenvalue weighted by Gasteiger charge is -2.06. The van der Waals surface area contributed by atoms with Crippen LogP contribution in [-0.2, 0) is 9.59 Å². The standard InChI is InChI=1S/C10H9N5O4S/c1-15-9(19)4(2-5(16)17)20-10(15)14-8-6(7(11)18)12-3-13-8/h2-3H,1H3,(H2,11,18)(H,12,13)(H,16,17)/b4-2-,14-10-. The normalized spacial score (nSPS) is 19.1. The number of carboxylic acids is 1. The molecule has 0 aliphatic carbocycles. The van der Waals surface area contributed by atoms with Gasteiger partial charge in [0.05, 0.1) is 11.2 Å². The number of primary amides is 1. The number of hydrogen-bond acceptors (Lipinski definition) is 6. The van der Waals surface area contributed by atoms with Gasteiger partial charge < -0.3 is 15.8 Å². The molecule has 1 aromatic rings. The van der Waals surface area contributed by atoms with Crippen molar-refractivity contribution >= 4 is 40.5 Å². The van der Waals surface area contributed by atoms with Gasteiger partial charge in [-0.25, -0.2) is 14.8 Å². The van der Waals surface area contributed by atoms with Crippen LogP contribution in [0.15, 0.2) is 22.3 Å². The van der Waals surface area contributed by atoms with Crippen LogP contribution in [0.5, 0.6) is 0 Å². The van der Waals surface area contributed by atoms with Crippen molar-refractivity contribution in [2.24, 2.45) is 10.7 Å². The fraction of sp³-hybridized carbons (Fsp3) is 0.100. The molecule has 10 heteroatoms. The Labute approximate surface area is 116 Å². The van der Waals surface area contributed by atoms with Crippen molar-refractivity contribution in [1.82, 2.24) is 14.9 Å². The molecule has 1 aromatic heterocycles. The van der Waals surface area contributed by atoms with Crippen LogP contribution < -0.4 is 5.73 Å². The molecule has 0 aromatic carbocycles. The van der Waals surface area contributed by atoms with E-state index in [0.717, 1.165) is 17.8 Å². The number of aromatic nitrogens is 2. The average Bonchev–Trinajstić information content (AvgIpc) is 2.91. The zero-order valence-electron chi connectivity index (χ0n) is 10.2. The van der Waals surface area contributed by atoms with Gasteiger partial charge in [-0.2, -0.15) is 0 Å². The molecule has 9 nitrogen and oxygen atoms in total. The smallest absolute Gasteiger partial charge is 0.329 e. The summed E-state index contributed by atoms with van der Waals surface area (Å²) in [7, 11) is 1.44. The zero-order chi connectivity index (χ0) is 14.9. The fourth-order valence-electron chi connectivity index (χ4n) is 1.41. The zero-order valence-corrected chi connectivity index (χ0v) is 11.0. The Morgan fingerprint density at radius 3 is 2.90 bits per heavy atom. The number of rotatable bonds is 3. The third-order valence-electron chi connectivity index (χ3n) is 2.33. The minimum atomic E-state index is -1.23. The van der Waals surface area contributed by atoms with E-state index in [1.54, 1.807) is 0 Å². The van der Waals surface area contributed by atoms with E-state index in [1.807, 2.05) is 0 Å². The van der Waals surface area contributed by atoms with Gasteiger partial charge in [0.2, 0.25) is 0 Å². The molecule has 2 rings (SSSR count). The number of amidine groups is 1. The summed E-state index contributed by atoms with van der Waals surface area (Å²) in [6, 6.07) is 0. The van der Waals surface area contributed by atoms with Crippen molar-refractivity contribution in [3.05, 3.63) is 23.0 Å². The Morgan fingerprint density at radius 1 is 1.60 bits per heavy atom. The number of thioether (sulfide) groups is 1. The predicted molar refractivity (Wildman–Crippen MR) is 70.3 cm³/mol. The number of H-pyrrole nitrogens is 1. The molecule has 0 radical (unpaired) electrons. The minimum Gasteiger partial charge on any atom is -0.478 e. The molecular weight excluding hydrogens is 286 g/mol. The minimum absolute atomic E-state index is 0.00890. The van der Waals surface area contributed by atoms with E-state index in [1.165, 1.54) is 18.3 Å². The molecule has 1 aliphatic heterocycles. The Bertz CT molecular complexity index is 662. The van der Waals surface area contributed by atoms with E-state index >= 15 is 0 Å². The van der Waals surface area contributed by atoms with Gasteiger partial charge in [0.15, 0.2) is 16.7 Å². The maximum absolute atomic E-state index is 11.8. The summed E-state index contributed by atoms with van der Waals surface area (Å²) in [6.45, 7) is 0. The number of nitrogens with two attached hydrogens (primary N) is 1. The van der Waals surface area contributed by atoms with E-state index in [0.29, 0.717) is 0 Å². The quantitative estimate of drug-likeness (QED) is 0.652. The summed E-state index contributed by atoms with van der Waals surface area (Å²) in [5.74, 6) is -2.42. The van der Waals surface area contributed by atoms with E-state index < -0.39 is 17.8 Å². The number of imidazole rings is 1. The topological polar surface area (TPSA) is 142 Å². The Balaban J connectivity index is 2.36. The highest BCUT2D eigenvalue weighted by Crippen LogP contribution is 2.31. The highest BCUT2D eigenvalue weighted by molar-refractivity contribution is 8.18. The van der Waals surface area contributed by atoms with E-state index in [2.05, 4.69) is 15.0 Å². The third kappa shape index (κ3) is 2.54. The van der Waals surface area contributed by atoms with E-state index in [4.69, 9.17) is 10.8 Å². The SMILES string of the molecule is CN1C(=O)/C(=C/C(=O)O)S/C1=N\c1nc[nH]c1C(N)=O. The van der Waals surface area contributed by atoms with Crippen LogP contribution in [0.1, 0.15) is 10.5 Å². The molecule has 0 unspecified atom stereocenters. The molecule has 104 valence electrons. The molecular formula is C10H9N5O4S. The van der Waals surface area contributed by atoms with Crippen LogP contribution in [0.3, 0.4) is 0 Å². The number of aliphatic imine (C=N–C) groups is 1. The molecule has 1 saturated heterocycles. The van der Waals surface area contributed by atoms with Crippen molar-refractivity contribution in [2.45, 2.75) is 0 Å². The number of aromatic amines is 1. The summed E-state index contributed by atoms with van der Waals surface area (Å²) >= 11 is 0.875. The van der Waals surface area contributed by atoms with Crippen LogP contribution in [0, 0.1) is 0 Å². The number of aliphatic carboxylic acids is 1. The number of carbonyl (C=O) groups excluding carboxylic acids is 2. The number of nitrogens with one attached hydrogen (secondary N) is 1. The number of carbonyl (C=O) groups is 3. The van der Waals surface area contributed by atoms with Gasteiger partial charge in [0.1, 0.15) is 0 Å². The molecule has 20 heavy (non-hydrogen) atoms. The lowest BCUT2D eigenvalue weighted by atomic mass is 10.4. The number of carboxylic acid groups (broad SMARTS) is 1. The van der Waals surface area contributed by atoms with Crippen molar-refractivity contribution in [3.63, 3.8) is 0 Å². The molecule has 2 heterocycles. The monoisotopic (exact) mass is 295 g/mol. The molecule has 0 bridgehead atoms. The van der Waals surface area contributed by atoms with Gasteiger partial charge >= 0.3 is 5.97 Å². The van der Waals surface area contributed by atoms with Crippen molar-refractivity contribution in [2.75, 3.05) is 7.05 Å². The van der Waals surface area contributed by atoms with Gasteiger partial charge in [-0.3, -0.25) is 14.5 Å². The second-order valence-electron chi connectivity index (χ2n) is 3.67. The largest absolute Gasteiger partial charge is 0.478 e. The van der Waals surface area contributed by atoms with E-state index in [-0.39, 0.29) is 21.6 Å². The Hall–Kier alpha value is -2.62. The van der Waals surface area contributed by atoms with Crippen molar-refractivity contribution < 1.29 is 19.5 Å². The summed E-state index contributed by atoms with van der Waals surface area (Å²) in [6.07, 6.45) is 2.04. The van der Waals surface area contributed by atoms with Gasteiger partial charge in [-0.05, 0) is 11.8 Å². The second-order valence-corrected chi connectivity index (χ2v) is 4.68. The molecule has 0 spiro atoms. The molecule has 0 atom stereocenters. The first-order chi connectivity index (χ1) is 9.40. The molecule has 0 saturated carbocycles. The Kier molecular flexibility index (Phi) is 3.57. The van der Waals surface area contributed by atoms with Crippen LogP contribution in [-0.4, -0.2) is 50.0 Å². The molecule has 4 N–H and O–H groups in total. The number of likely N-dealkylation sites (N-methyl/N-ethyl adjacent to an activating group) is 1. The lowest BCUT2D eigenvalue weighted by molar-refractivity contribution is -0.132. The van der Waals surface area contributed by atoms with Gasteiger partial charge in [-0.15, -0.1) is 0 Å². The summed E-state index contributed by atoms with van der Waals surface area (Å²) < 4.78 is 0. The molecule has 1 fully saturated rings. The molecule has 2 amide bonds. The van der Waals surface area contributed by atoms with Gasteiger partial charge in [0, 0.05) is 13.1 Å². The van der Waals surface area contributed by atoms with Crippen molar-refractivity contribution in [1.29, 1.82) is 0 Å². The summed E-state index contributed by atoms with van der Waals surface area (Å²) in [5.41, 5.74) is 5.14. The fourth-order valence-corrected chi connectivity index (χ4v) is 2.34. The van der Waals surface area contributed by atoms with Crippen LogP contribution in [0.4, 0.5) is 5.82 Å². The molecule has 1 aliphatic rings. The third-order valence-corrected chi connectivity index (χ3v) is 3.39. The predicted octanol–water partition coefficient (Wildman–Crippen LogP) is -0.330. The maximum Gasteiger partial charge on any atom is 0.329 e. The van der Waals surface area contributed by atoms with Crippen LogP contribution in [0.25, 0.3) is 0 Å². The van der Waals surface area contributed by atoms with Gasteiger partial charge in [0.25, 0.3) is 11.8 Å². The summed E-state index contributed by atoms with van der Waals surface area (Å²) in [4.78, 5) is 45.1. The first-order valence-electron chi connectivity index (χ1n) is 5.22. The Morgan fingerprint density at radius 2 is 2.30 bits per heavy atom. The average molecular weight is 295 g/mol. The lowest BCUT2D eigenvalue weighted by Crippen LogP contribution is -2.24. The number of amides is 2. The number of nitrogens with zero attached hydrogens (tertiary/aromatic N) is 3. The highest BCUT2D eigenvalue weighted by Gasteiger charge is 2.31. The van der Waals surface area contributed by atoms with E-state index in [9.17, 15) is 14.4 Å². The first-order valence-corrected chi connectivity index (χ1v) is 6.04. The van der Waals surface area contributed by atoms with Crippen LogP contribution >= 0.6 is 11.8 Å². The number of hydrogen-bond donors (Lipinski definition) is 3. The van der Waals surface area contributed by atoms with Gasteiger partial charge in [-0.1, -0.05) is 0 Å². The second kappa shape index (κ2) is 5.17. The maximum atomic E-state index is 11.8.